The van der Waals surface area contributed by atoms with Gasteiger partial charge in [-0.25, -0.2) is 4.79 Å². The Morgan fingerprint density at radius 1 is 1.83 bits per heavy atom. The van der Waals surface area contributed by atoms with Crippen molar-refractivity contribution >= 4 is 5.97 Å². The van der Waals surface area contributed by atoms with E-state index in [1.807, 2.05) is 0 Å². The number of hydrogen-bond donors (Lipinski definition) is 1. The van der Waals surface area contributed by atoms with Crippen molar-refractivity contribution in [1.29, 1.82) is 0 Å². The third-order valence-corrected chi connectivity index (χ3v) is 2.20. The molecule has 66 valence electrons. The number of ether oxygens (including phenoxy) is 2. The first-order valence-electron chi connectivity index (χ1n) is 3.85. The van der Waals surface area contributed by atoms with Crippen molar-refractivity contribution in [1.82, 2.24) is 0 Å². The van der Waals surface area contributed by atoms with Gasteiger partial charge in [0.05, 0.1) is 13.2 Å². The summed E-state index contributed by atoms with van der Waals surface area (Å²) in [4.78, 5) is 11.0. The lowest BCUT2D eigenvalue weighted by atomic mass is 9.98. The van der Waals surface area contributed by atoms with Crippen molar-refractivity contribution in [2.45, 2.75) is 24.7 Å². The lowest BCUT2D eigenvalue weighted by molar-refractivity contribution is -0.136. The molecule has 2 unspecified atom stereocenters. The van der Waals surface area contributed by atoms with Gasteiger partial charge < -0.3 is 14.6 Å². The maximum Gasteiger partial charge on any atom is 0.333 e. The van der Waals surface area contributed by atoms with E-state index in [4.69, 9.17) is 4.74 Å². The Kier molecular flexibility index (Phi) is 1.66. The molecule has 2 rings (SSSR count). The van der Waals surface area contributed by atoms with E-state index < -0.39 is 6.10 Å². The second-order valence-corrected chi connectivity index (χ2v) is 3.02. The predicted molar refractivity (Wildman–Crippen MR) is 39.4 cm³/mol. The average Bonchev–Trinajstić information content (AvgIpc) is 2.82. The molecule has 1 aliphatic carbocycles. The molecule has 0 radical (unpaired) electrons. The highest BCUT2D eigenvalue weighted by Gasteiger charge is 2.47. The highest BCUT2D eigenvalue weighted by atomic mass is 16.6. The van der Waals surface area contributed by atoms with Crippen LogP contribution in [0, 0.1) is 0 Å². The smallest absolute Gasteiger partial charge is 0.333 e. The molecule has 1 fully saturated rings. The molecule has 0 amide bonds. The number of rotatable bonds is 1. The quantitative estimate of drug-likeness (QED) is 0.430. The van der Waals surface area contributed by atoms with E-state index in [0.717, 1.165) is 0 Å². The zero-order valence-corrected chi connectivity index (χ0v) is 6.69. The molecule has 0 aromatic carbocycles. The Hall–Kier alpha value is -0.870. The second-order valence-electron chi connectivity index (χ2n) is 3.02. The molecule has 1 heterocycles. The van der Waals surface area contributed by atoms with Crippen LogP contribution in [-0.4, -0.2) is 36.5 Å². The Morgan fingerprint density at radius 3 is 3.17 bits per heavy atom. The largest absolute Gasteiger partial charge is 0.466 e. The lowest BCUT2D eigenvalue weighted by Gasteiger charge is -2.10. The van der Waals surface area contributed by atoms with E-state index in [2.05, 4.69) is 4.74 Å². The number of fused-ring (bicyclic) bond motifs is 1. The second kappa shape index (κ2) is 2.57. The minimum absolute atomic E-state index is 0.0269. The summed E-state index contributed by atoms with van der Waals surface area (Å²) >= 11 is 0. The summed E-state index contributed by atoms with van der Waals surface area (Å²) in [6, 6.07) is 0. The van der Waals surface area contributed by atoms with Crippen molar-refractivity contribution < 1.29 is 19.4 Å². The van der Waals surface area contributed by atoms with Gasteiger partial charge in [-0.15, -0.1) is 0 Å². The van der Waals surface area contributed by atoms with Crippen LogP contribution in [0.25, 0.3) is 0 Å². The van der Waals surface area contributed by atoms with Gasteiger partial charge in [0.15, 0.2) is 0 Å². The summed E-state index contributed by atoms with van der Waals surface area (Å²) in [5.41, 5.74) is 0.517. The zero-order valence-electron chi connectivity index (χ0n) is 6.69. The maximum absolute atomic E-state index is 11.0. The first kappa shape index (κ1) is 7.76. The van der Waals surface area contributed by atoms with Gasteiger partial charge in [-0.05, 0) is 6.08 Å². The number of aliphatic hydroxyl groups excluding tert-OH is 1. The van der Waals surface area contributed by atoms with Gasteiger partial charge in [-0.1, -0.05) is 0 Å². The molecule has 1 aliphatic heterocycles. The predicted octanol–water partition coefficient (Wildman–Crippen LogP) is -0.382. The Balaban J connectivity index is 2.11. The molecule has 2 aliphatic rings. The highest BCUT2D eigenvalue weighted by molar-refractivity contribution is 5.88. The highest BCUT2D eigenvalue weighted by Crippen LogP contribution is 2.36. The van der Waals surface area contributed by atoms with Crippen LogP contribution in [0.3, 0.4) is 0 Å². The molecule has 4 nitrogen and oxygen atoms in total. The van der Waals surface area contributed by atoms with E-state index in [0.29, 0.717) is 12.0 Å². The number of methoxy groups -OCH3 is 1. The van der Waals surface area contributed by atoms with Crippen molar-refractivity contribution in [3.63, 3.8) is 0 Å². The Morgan fingerprint density at radius 2 is 2.58 bits per heavy atom. The van der Waals surface area contributed by atoms with E-state index >= 15 is 0 Å². The number of epoxide rings is 1. The van der Waals surface area contributed by atoms with E-state index in [9.17, 15) is 9.90 Å². The van der Waals surface area contributed by atoms with Crippen molar-refractivity contribution in [2.75, 3.05) is 7.11 Å². The molecule has 0 aromatic rings. The minimum Gasteiger partial charge on any atom is -0.466 e. The number of esters is 1. The molecule has 4 heteroatoms. The summed E-state index contributed by atoms with van der Waals surface area (Å²) < 4.78 is 9.64. The number of hydrogen-bond acceptors (Lipinski definition) is 4. The molecule has 3 atom stereocenters. The third kappa shape index (κ3) is 1.13. The number of carbonyl (C=O) groups excluding carboxylic acids is 1. The fourth-order valence-corrected chi connectivity index (χ4v) is 1.49. The summed E-state index contributed by atoms with van der Waals surface area (Å²) in [6.45, 7) is 0. The monoisotopic (exact) mass is 170 g/mol. The molecule has 0 saturated carbocycles. The van der Waals surface area contributed by atoms with Crippen LogP contribution in [-0.2, 0) is 14.3 Å². The molecule has 12 heavy (non-hydrogen) atoms. The van der Waals surface area contributed by atoms with Crippen LogP contribution in [0.2, 0.25) is 0 Å². The summed E-state index contributed by atoms with van der Waals surface area (Å²) in [7, 11) is 1.33. The van der Waals surface area contributed by atoms with Gasteiger partial charge >= 0.3 is 5.97 Å². The molecule has 0 spiro atoms. The van der Waals surface area contributed by atoms with Crippen LogP contribution in [0.5, 0.6) is 0 Å². The normalized spacial score (nSPS) is 38.2. The molecule has 0 aromatic heterocycles. The first-order valence-corrected chi connectivity index (χ1v) is 3.85. The van der Waals surface area contributed by atoms with Gasteiger partial charge in [0.2, 0.25) is 0 Å². The molecular formula is C8H10O4. The standard InChI is InChI=1S/C8H10O4/c1-11-8(10)4-2-5(9)7-6(3-4)12-7/h2,5-7,9H,3H2,1H3/t5-,6?,7?/m1/s1. The summed E-state index contributed by atoms with van der Waals surface area (Å²) in [5.74, 6) is -0.372. The molecule has 1 N–H and O–H groups in total. The van der Waals surface area contributed by atoms with Gasteiger partial charge in [-0.3, -0.25) is 0 Å². The van der Waals surface area contributed by atoms with Crippen LogP contribution in [0.15, 0.2) is 11.6 Å². The minimum atomic E-state index is -0.641. The van der Waals surface area contributed by atoms with E-state index in [1.165, 1.54) is 13.2 Å². The van der Waals surface area contributed by atoms with E-state index in [1.54, 1.807) is 0 Å². The van der Waals surface area contributed by atoms with Crippen LogP contribution >= 0.6 is 0 Å². The fourth-order valence-electron chi connectivity index (χ4n) is 1.49. The maximum atomic E-state index is 11.0. The SMILES string of the molecule is COC(=O)C1=C[C@@H](O)C2OC2C1. The Bertz CT molecular complexity index is 245. The van der Waals surface area contributed by atoms with Crippen LogP contribution in [0.1, 0.15) is 6.42 Å². The topological polar surface area (TPSA) is 59.1 Å². The van der Waals surface area contributed by atoms with E-state index in [-0.39, 0.29) is 18.2 Å². The first-order chi connectivity index (χ1) is 5.72. The summed E-state index contributed by atoms with van der Waals surface area (Å²) in [5, 5.41) is 9.33. The van der Waals surface area contributed by atoms with Gasteiger partial charge in [0.25, 0.3) is 0 Å². The van der Waals surface area contributed by atoms with Gasteiger partial charge in [-0.2, -0.15) is 0 Å². The third-order valence-electron chi connectivity index (χ3n) is 2.20. The zero-order chi connectivity index (χ0) is 8.72. The van der Waals surface area contributed by atoms with Gasteiger partial charge in [0, 0.05) is 12.0 Å². The lowest BCUT2D eigenvalue weighted by Crippen LogP contribution is -2.22. The van der Waals surface area contributed by atoms with Gasteiger partial charge in [0.1, 0.15) is 12.2 Å². The molecule has 1 saturated heterocycles. The number of carbonyl (C=O) groups is 1. The van der Waals surface area contributed by atoms with Crippen LogP contribution in [0.4, 0.5) is 0 Å². The molecular weight excluding hydrogens is 160 g/mol. The van der Waals surface area contributed by atoms with Crippen LogP contribution < -0.4 is 0 Å². The fraction of sp³-hybridized carbons (Fsp3) is 0.625. The number of aliphatic hydroxyl groups is 1. The van der Waals surface area contributed by atoms with Crippen molar-refractivity contribution in [3.8, 4) is 0 Å². The van der Waals surface area contributed by atoms with Crippen molar-refractivity contribution in [2.24, 2.45) is 0 Å². The Labute approximate surface area is 69.8 Å². The average molecular weight is 170 g/mol. The van der Waals surface area contributed by atoms with Crippen molar-refractivity contribution in [3.05, 3.63) is 11.6 Å². The molecule has 0 bridgehead atoms. The summed E-state index contributed by atoms with van der Waals surface area (Å²) in [6.07, 6.45) is 1.38.